The van der Waals surface area contributed by atoms with Crippen LogP contribution in [0.5, 0.6) is 5.75 Å². The monoisotopic (exact) mass is 463 g/mol. The van der Waals surface area contributed by atoms with Crippen LogP contribution in [0.1, 0.15) is 31.1 Å². The van der Waals surface area contributed by atoms with Crippen LogP contribution in [-0.2, 0) is 11.3 Å². The van der Waals surface area contributed by atoms with E-state index in [1.54, 1.807) is 0 Å². The third-order valence-corrected chi connectivity index (χ3v) is 6.61. The van der Waals surface area contributed by atoms with Gasteiger partial charge < -0.3 is 9.84 Å². The zero-order valence-electron chi connectivity index (χ0n) is 18.6. The number of ether oxygens (including phenoxy) is 1. The molecular formula is C26H26ClN3O3. The molecular weight excluding hydrogens is 438 g/mol. The highest BCUT2D eigenvalue weighted by atomic mass is 35.5. The lowest BCUT2D eigenvalue weighted by Crippen LogP contribution is -2.49. The summed E-state index contributed by atoms with van der Waals surface area (Å²) in [7, 11) is 0. The molecule has 1 aromatic heterocycles. The Bertz CT molecular complexity index is 1330. The highest BCUT2D eigenvalue weighted by Gasteiger charge is 2.32. The Morgan fingerprint density at radius 3 is 2.67 bits per heavy atom. The quantitative estimate of drug-likeness (QED) is 0.369. The number of H-pyrrole nitrogens is 1. The highest BCUT2D eigenvalue weighted by Crippen LogP contribution is 2.33. The largest absolute Gasteiger partial charge is 0.485 e. The van der Waals surface area contributed by atoms with Gasteiger partial charge in [0.2, 0.25) is 0 Å². The van der Waals surface area contributed by atoms with Gasteiger partial charge in [0, 0.05) is 25.0 Å². The van der Waals surface area contributed by atoms with Crippen molar-refractivity contribution in [3.8, 4) is 5.75 Å². The third-order valence-electron chi connectivity index (χ3n) is 6.33. The number of benzene rings is 3. The normalized spacial score (nSPS) is 15.8. The van der Waals surface area contributed by atoms with Crippen molar-refractivity contribution in [1.29, 1.82) is 0 Å². The maximum atomic E-state index is 11.0. The van der Waals surface area contributed by atoms with Crippen LogP contribution in [0, 0.1) is 11.8 Å². The van der Waals surface area contributed by atoms with E-state index in [9.17, 15) is 4.79 Å². The Labute approximate surface area is 197 Å². The summed E-state index contributed by atoms with van der Waals surface area (Å²) >= 11 is 6.22. The van der Waals surface area contributed by atoms with E-state index in [-0.39, 0.29) is 17.9 Å². The van der Waals surface area contributed by atoms with Crippen molar-refractivity contribution in [2.45, 2.75) is 26.5 Å². The zero-order valence-corrected chi connectivity index (χ0v) is 19.3. The maximum absolute atomic E-state index is 11.0. The molecule has 6 nitrogen and oxygen atoms in total. The summed E-state index contributed by atoms with van der Waals surface area (Å²) in [4.78, 5) is 13.2. The number of aromatic nitrogens is 2. The second-order valence-corrected chi connectivity index (χ2v) is 9.53. The summed E-state index contributed by atoms with van der Waals surface area (Å²) in [6.45, 7) is 6.29. The molecule has 1 aliphatic rings. The SMILES string of the molecule is CC(C)C(Oc1ccc2cc(CN3CC(C(=O)O)C3)ccc2c1)c1ccc2[nH]nc(Cl)c2c1. The Morgan fingerprint density at radius 2 is 1.91 bits per heavy atom. The molecule has 7 heteroatoms. The molecule has 0 bridgehead atoms. The molecule has 1 aliphatic heterocycles. The second kappa shape index (κ2) is 8.69. The lowest BCUT2D eigenvalue weighted by Gasteiger charge is -2.36. The van der Waals surface area contributed by atoms with E-state index < -0.39 is 5.97 Å². The van der Waals surface area contributed by atoms with Gasteiger partial charge in [-0.3, -0.25) is 14.8 Å². The van der Waals surface area contributed by atoms with Crippen LogP contribution in [0.15, 0.2) is 54.6 Å². The van der Waals surface area contributed by atoms with Crippen LogP contribution >= 0.6 is 11.6 Å². The van der Waals surface area contributed by atoms with Crippen LogP contribution in [0.4, 0.5) is 0 Å². The smallest absolute Gasteiger partial charge is 0.309 e. The summed E-state index contributed by atoms with van der Waals surface area (Å²) in [5.41, 5.74) is 3.15. The van der Waals surface area contributed by atoms with Crippen LogP contribution in [0.25, 0.3) is 21.7 Å². The Kier molecular flexibility index (Phi) is 5.72. The van der Waals surface area contributed by atoms with Gasteiger partial charge in [-0.1, -0.05) is 49.7 Å². The minimum Gasteiger partial charge on any atom is -0.485 e. The number of rotatable bonds is 7. The van der Waals surface area contributed by atoms with E-state index in [2.05, 4.69) is 65.3 Å². The number of nitrogens with zero attached hydrogens (tertiary/aromatic N) is 2. The predicted octanol–water partition coefficient (Wildman–Crippen LogP) is 5.66. The minimum absolute atomic E-state index is 0.120. The number of aromatic amines is 1. The maximum Gasteiger partial charge on any atom is 0.309 e. The summed E-state index contributed by atoms with van der Waals surface area (Å²) in [6.07, 6.45) is -0.120. The molecule has 170 valence electrons. The molecule has 2 heterocycles. The van der Waals surface area contributed by atoms with Gasteiger partial charge in [0.25, 0.3) is 0 Å². The summed E-state index contributed by atoms with van der Waals surface area (Å²) < 4.78 is 6.45. The van der Waals surface area contributed by atoms with Crippen molar-refractivity contribution in [2.24, 2.45) is 11.8 Å². The molecule has 1 atom stereocenters. The first kappa shape index (κ1) is 21.7. The average Bonchev–Trinajstić information content (AvgIpc) is 3.13. The van der Waals surface area contributed by atoms with Gasteiger partial charge in [0.15, 0.2) is 5.15 Å². The van der Waals surface area contributed by atoms with Crippen molar-refractivity contribution in [3.63, 3.8) is 0 Å². The molecule has 33 heavy (non-hydrogen) atoms. The molecule has 2 N–H and O–H groups in total. The van der Waals surface area contributed by atoms with E-state index in [4.69, 9.17) is 21.4 Å². The van der Waals surface area contributed by atoms with Gasteiger partial charge >= 0.3 is 5.97 Å². The van der Waals surface area contributed by atoms with E-state index in [1.807, 2.05) is 18.2 Å². The number of carboxylic acids is 1. The fourth-order valence-electron chi connectivity index (χ4n) is 4.47. The van der Waals surface area contributed by atoms with Gasteiger partial charge in [0.1, 0.15) is 11.9 Å². The van der Waals surface area contributed by atoms with Gasteiger partial charge in [-0.05, 0) is 58.1 Å². The van der Waals surface area contributed by atoms with E-state index >= 15 is 0 Å². The molecule has 0 amide bonds. The summed E-state index contributed by atoms with van der Waals surface area (Å²) in [5.74, 6) is 0.144. The number of aliphatic carboxylic acids is 1. The molecule has 3 aromatic carbocycles. The molecule has 1 unspecified atom stereocenters. The van der Waals surface area contributed by atoms with Crippen LogP contribution in [-0.4, -0.2) is 39.3 Å². The minimum atomic E-state index is -0.704. The first-order chi connectivity index (χ1) is 15.9. The van der Waals surface area contributed by atoms with Crippen molar-refractivity contribution in [1.82, 2.24) is 15.1 Å². The van der Waals surface area contributed by atoms with Crippen molar-refractivity contribution in [2.75, 3.05) is 13.1 Å². The predicted molar refractivity (Wildman–Crippen MR) is 130 cm³/mol. The molecule has 1 fully saturated rings. The van der Waals surface area contributed by atoms with Crippen molar-refractivity contribution in [3.05, 3.63) is 70.9 Å². The van der Waals surface area contributed by atoms with E-state index in [0.717, 1.165) is 39.5 Å². The van der Waals surface area contributed by atoms with Crippen LogP contribution < -0.4 is 4.74 Å². The second-order valence-electron chi connectivity index (χ2n) is 9.17. The fraction of sp³-hybridized carbons (Fsp3) is 0.308. The van der Waals surface area contributed by atoms with E-state index in [1.165, 1.54) is 5.56 Å². The van der Waals surface area contributed by atoms with Gasteiger partial charge in [0.05, 0.1) is 11.4 Å². The molecule has 4 aromatic rings. The number of carbonyl (C=O) groups is 1. The number of hydrogen-bond donors (Lipinski definition) is 2. The number of hydrogen-bond acceptors (Lipinski definition) is 4. The molecule has 0 saturated carbocycles. The lowest BCUT2D eigenvalue weighted by molar-refractivity contribution is -0.147. The Hall–Kier alpha value is -3.09. The first-order valence-corrected chi connectivity index (χ1v) is 11.5. The molecule has 0 spiro atoms. The van der Waals surface area contributed by atoms with E-state index in [0.29, 0.717) is 18.2 Å². The van der Waals surface area contributed by atoms with Crippen molar-refractivity contribution < 1.29 is 14.6 Å². The number of fused-ring (bicyclic) bond motifs is 2. The Morgan fingerprint density at radius 1 is 1.15 bits per heavy atom. The topological polar surface area (TPSA) is 78.5 Å². The molecule has 0 radical (unpaired) electrons. The van der Waals surface area contributed by atoms with Crippen LogP contribution in [0.3, 0.4) is 0 Å². The lowest BCUT2D eigenvalue weighted by atomic mass is 9.97. The van der Waals surface area contributed by atoms with Crippen LogP contribution in [0.2, 0.25) is 5.15 Å². The Balaban J connectivity index is 1.34. The van der Waals surface area contributed by atoms with Crippen molar-refractivity contribution >= 4 is 39.2 Å². The summed E-state index contributed by atoms with van der Waals surface area (Å²) in [5, 5.41) is 19.7. The standard InChI is InChI=1S/C26H26ClN3O3/c1-15(2)24(19-6-8-23-22(11-19)25(27)29-28-23)33-21-7-5-17-9-16(3-4-18(17)10-21)12-30-13-20(14-30)26(31)32/h3-11,15,20,24H,12-14H2,1-2H3,(H,28,29)(H,31,32). The molecule has 0 aliphatic carbocycles. The highest BCUT2D eigenvalue weighted by molar-refractivity contribution is 6.34. The molecule has 5 rings (SSSR count). The zero-order chi connectivity index (χ0) is 23.1. The number of likely N-dealkylation sites (tertiary alicyclic amines) is 1. The number of nitrogens with one attached hydrogen (secondary N) is 1. The average molecular weight is 464 g/mol. The van der Waals surface area contributed by atoms with Gasteiger partial charge in [-0.25, -0.2) is 0 Å². The van der Waals surface area contributed by atoms with Gasteiger partial charge in [-0.15, -0.1) is 0 Å². The number of carboxylic acid groups (broad SMARTS) is 1. The molecule has 1 saturated heterocycles. The number of halogens is 1. The third kappa shape index (κ3) is 4.41. The summed E-state index contributed by atoms with van der Waals surface area (Å²) in [6, 6.07) is 18.6. The fourth-order valence-corrected chi connectivity index (χ4v) is 4.67. The first-order valence-electron chi connectivity index (χ1n) is 11.2. The van der Waals surface area contributed by atoms with Gasteiger partial charge in [-0.2, -0.15) is 5.10 Å².